The van der Waals surface area contributed by atoms with Gasteiger partial charge in [0.15, 0.2) is 11.6 Å². The second-order valence-electron chi connectivity index (χ2n) is 5.51. The third-order valence-corrected chi connectivity index (χ3v) is 3.32. The van der Waals surface area contributed by atoms with Gasteiger partial charge in [0.05, 0.1) is 6.42 Å². The van der Waals surface area contributed by atoms with Gasteiger partial charge in [0.1, 0.15) is 18.5 Å². The first-order chi connectivity index (χ1) is 11.4. The highest BCUT2D eigenvalue weighted by Gasteiger charge is 2.10. The van der Waals surface area contributed by atoms with Crippen LogP contribution < -0.4 is 10.1 Å². The predicted octanol–water partition coefficient (Wildman–Crippen LogP) is 2.37. The molecule has 24 heavy (non-hydrogen) atoms. The van der Waals surface area contributed by atoms with Crippen molar-refractivity contribution in [2.45, 2.75) is 19.4 Å². The molecule has 6 heteroatoms. The number of hydrogen-bond acceptors (Lipinski definition) is 3. The maximum Gasteiger partial charge on any atom is 0.224 e. The molecule has 0 radical (unpaired) electrons. The minimum absolute atomic E-state index is 0.00826. The lowest BCUT2D eigenvalue weighted by molar-refractivity contribution is -0.121. The molecule has 0 fully saturated rings. The number of hydrogen-bond donors (Lipinski definition) is 2. The standard InChI is InChI=1S/C18H19F2NO3/c1-12-3-2-4-13(7-12)8-18(23)21-10-14(22)11-24-15-5-6-16(19)17(20)9-15/h2-7,9,14,22H,8,10-11H2,1H3,(H,21,23)/t14-/m0/s1. The molecule has 0 unspecified atom stereocenters. The van der Waals surface area contributed by atoms with Crippen LogP contribution in [0.5, 0.6) is 5.75 Å². The van der Waals surface area contributed by atoms with Crippen LogP contribution in [0.15, 0.2) is 42.5 Å². The van der Waals surface area contributed by atoms with Crippen molar-refractivity contribution in [2.24, 2.45) is 0 Å². The van der Waals surface area contributed by atoms with Crippen LogP contribution in [0, 0.1) is 18.6 Å². The normalized spacial score (nSPS) is 11.8. The van der Waals surface area contributed by atoms with Gasteiger partial charge < -0.3 is 15.2 Å². The summed E-state index contributed by atoms with van der Waals surface area (Å²) in [5.41, 5.74) is 1.96. The van der Waals surface area contributed by atoms with E-state index in [2.05, 4.69) is 5.32 Å². The van der Waals surface area contributed by atoms with E-state index in [0.717, 1.165) is 23.3 Å². The molecule has 2 aromatic carbocycles. The summed E-state index contributed by atoms with van der Waals surface area (Å²) >= 11 is 0. The van der Waals surface area contributed by atoms with Crippen molar-refractivity contribution in [3.8, 4) is 5.75 Å². The maximum atomic E-state index is 13.0. The first kappa shape index (κ1) is 17.9. The Hall–Kier alpha value is -2.47. The first-order valence-electron chi connectivity index (χ1n) is 7.52. The van der Waals surface area contributed by atoms with E-state index in [9.17, 15) is 18.7 Å². The lowest BCUT2D eigenvalue weighted by Gasteiger charge is -2.13. The van der Waals surface area contributed by atoms with Gasteiger partial charge in [0, 0.05) is 12.6 Å². The van der Waals surface area contributed by atoms with Crippen LogP contribution in [0.4, 0.5) is 8.78 Å². The minimum atomic E-state index is -1.02. The van der Waals surface area contributed by atoms with Crippen LogP contribution in [-0.2, 0) is 11.2 Å². The second kappa shape index (κ2) is 8.40. The highest BCUT2D eigenvalue weighted by Crippen LogP contribution is 2.15. The zero-order valence-electron chi connectivity index (χ0n) is 13.3. The van der Waals surface area contributed by atoms with Crippen molar-refractivity contribution in [3.63, 3.8) is 0 Å². The summed E-state index contributed by atoms with van der Waals surface area (Å²) in [7, 11) is 0. The molecule has 0 aliphatic rings. The number of halogens is 2. The number of aliphatic hydroxyl groups is 1. The fourth-order valence-electron chi connectivity index (χ4n) is 2.12. The summed E-state index contributed by atoms with van der Waals surface area (Å²) in [4.78, 5) is 11.8. The molecule has 2 aromatic rings. The number of aryl methyl sites for hydroxylation is 1. The van der Waals surface area contributed by atoms with E-state index in [0.29, 0.717) is 0 Å². The van der Waals surface area contributed by atoms with E-state index in [4.69, 9.17) is 4.74 Å². The topological polar surface area (TPSA) is 58.6 Å². The molecular weight excluding hydrogens is 316 g/mol. The number of carbonyl (C=O) groups is 1. The molecule has 0 heterocycles. The van der Waals surface area contributed by atoms with Crippen LogP contribution in [0.3, 0.4) is 0 Å². The molecule has 0 saturated heterocycles. The smallest absolute Gasteiger partial charge is 0.224 e. The summed E-state index contributed by atoms with van der Waals surface area (Å²) in [6.07, 6.45) is -0.738. The van der Waals surface area contributed by atoms with E-state index in [1.807, 2.05) is 31.2 Å². The van der Waals surface area contributed by atoms with Gasteiger partial charge in [-0.25, -0.2) is 8.78 Å². The number of aliphatic hydroxyl groups excluding tert-OH is 1. The molecule has 2 N–H and O–H groups in total. The van der Waals surface area contributed by atoms with Gasteiger partial charge in [0.25, 0.3) is 0 Å². The van der Waals surface area contributed by atoms with Gasteiger partial charge in [0.2, 0.25) is 5.91 Å². The average Bonchev–Trinajstić information content (AvgIpc) is 2.54. The number of ether oxygens (including phenoxy) is 1. The molecule has 0 aliphatic heterocycles. The molecule has 1 atom stereocenters. The Morgan fingerprint density at radius 1 is 1.21 bits per heavy atom. The Labute approximate surface area is 139 Å². The lowest BCUT2D eigenvalue weighted by atomic mass is 10.1. The summed E-state index contributed by atoms with van der Waals surface area (Å²) in [5.74, 6) is -2.09. The van der Waals surface area contributed by atoms with E-state index in [1.165, 1.54) is 6.07 Å². The average molecular weight is 335 g/mol. The van der Waals surface area contributed by atoms with Crippen molar-refractivity contribution in [3.05, 3.63) is 65.2 Å². The fourth-order valence-corrected chi connectivity index (χ4v) is 2.12. The van der Waals surface area contributed by atoms with Gasteiger partial charge in [-0.3, -0.25) is 4.79 Å². The molecule has 128 valence electrons. The third-order valence-electron chi connectivity index (χ3n) is 3.32. The molecule has 0 bridgehead atoms. The summed E-state index contributed by atoms with van der Waals surface area (Å²) in [6.45, 7) is 1.81. The highest BCUT2D eigenvalue weighted by molar-refractivity contribution is 5.78. The van der Waals surface area contributed by atoms with E-state index < -0.39 is 17.7 Å². The zero-order chi connectivity index (χ0) is 17.5. The predicted molar refractivity (Wildman–Crippen MR) is 85.8 cm³/mol. The first-order valence-corrected chi connectivity index (χ1v) is 7.52. The van der Waals surface area contributed by atoms with Crippen molar-refractivity contribution in [2.75, 3.05) is 13.2 Å². The molecule has 1 amide bonds. The largest absolute Gasteiger partial charge is 0.491 e. The number of rotatable bonds is 7. The zero-order valence-corrected chi connectivity index (χ0v) is 13.3. The van der Waals surface area contributed by atoms with Crippen molar-refractivity contribution in [1.29, 1.82) is 0 Å². The van der Waals surface area contributed by atoms with E-state index >= 15 is 0 Å². The van der Waals surface area contributed by atoms with Gasteiger partial charge in [-0.15, -0.1) is 0 Å². The van der Waals surface area contributed by atoms with E-state index in [1.54, 1.807) is 0 Å². The lowest BCUT2D eigenvalue weighted by Crippen LogP contribution is -2.36. The number of benzene rings is 2. The van der Waals surface area contributed by atoms with Crippen LogP contribution in [-0.4, -0.2) is 30.3 Å². The Bertz CT molecular complexity index is 706. The van der Waals surface area contributed by atoms with Crippen LogP contribution in [0.1, 0.15) is 11.1 Å². The van der Waals surface area contributed by atoms with E-state index in [-0.39, 0.29) is 31.2 Å². The van der Waals surface area contributed by atoms with Crippen LogP contribution in [0.25, 0.3) is 0 Å². The molecule has 2 rings (SSSR count). The minimum Gasteiger partial charge on any atom is -0.491 e. The Morgan fingerprint density at radius 3 is 2.71 bits per heavy atom. The fraction of sp³-hybridized carbons (Fsp3) is 0.278. The monoisotopic (exact) mass is 335 g/mol. The number of amides is 1. The highest BCUT2D eigenvalue weighted by atomic mass is 19.2. The van der Waals surface area contributed by atoms with Crippen LogP contribution >= 0.6 is 0 Å². The van der Waals surface area contributed by atoms with Crippen molar-refractivity contribution in [1.82, 2.24) is 5.32 Å². The maximum absolute atomic E-state index is 13.0. The quantitative estimate of drug-likeness (QED) is 0.817. The van der Waals surface area contributed by atoms with Crippen molar-refractivity contribution < 1.29 is 23.4 Å². The molecule has 0 spiro atoms. The van der Waals surface area contributed by atoms with Crippen molar-refractivity contribution >= 4 is 5.91 Å². The molecule has 0 aromatic heterocycles. The number of carbonyl (C=O) groups excluding carboxylic acids is 1. The number of nitrogens with one attached hydrogen (secondary N) is 1. The Balaban J connectivity index is 1.73. The molecule has 0 aliphatic carbocycles. The Kier molecular flexibility index (Phi) is 6.26. The summed E-state index contributed by atoms with van der Waals surface area (Å²) in [5, 5.41) is 12.4. The van der Waals surface area contributed by atoms with Gasteiger partial charge >= 0.3 is 0 Å². The third kappa shape index (κ3) is 5.62. The molecular formula is C18H19F2NO3. The summed E-state index contributed by atoms with van der Waals surface area (Å²) < 4.78 is 31.0. The Morgan fingerprint density at radius 2 is 2.00 bits per heavy atom. The van der Waals surface area contributed by atoms with Crippen LogP contribution in [0.2, 0.25) is 0 Å². The molecule has 0 saturated carbocycles. The second-order valence-corrected chi connectivity index (χ2v) is 5.51. The van der Waals surface area contributed by atoms with Gasteiger partial charge in [-0.2, -0.15) is 0 Å². The van der Waals surface area contributed by atoms with Gasteiger partial charge in [-0.1, -0.05) is 29.8 Å². The molecule has 4 nitrogen and oxygen atoms in total. The van der Waals surface area contributed by atoms with Gasteiger partial charge in [-0.05, 0) is 24.6 Å². The SMILES string of the molecule is Cc1cccc(CC(=O)NC[C@H](O)COc2ccc(F)c(F)c2)c1. The summed E-state index contributed by atoms with van der Waals surface area (Å²) in [6, 6.07) is 10.7.